The SMILES string of the molecule is CCCCCC/C=C\CCCCCCCCCC(=O)OCC(COP(=O)(O)OC1C(OC2OC(CO)C(O)C(O)C2O)C(O)C(O)C(O)C1OC1OC(COC(=O)CCCCCCCCCCCCCC)C(O)C(O)C1O)OC(=O)CCCCCCCCC(C)CCCCCCCC. The molecule has 19 unspecified atom stereocenters. The molecule has 19 atom stereocenters. The maximum Gasteiger partial charge on any atom is 0.472 e. The van der Waals surface area contributed by atoms with Crippen molar-refractivity contribution in [2.24, 2.45) is 5.92 Å². The first-order valence-electron chi connectivity index (χ1n) is 38.4. The lowest BCUT2D eigenvalue weighted by atomic mass is 9.84. The number of esters is 3. The molecule has 11 N–H and O–H groups in total. The summed E-state index contributed by atoms with van der Waals surface area (Å²) in [7, 11) is -5.70. The molecule has 1 saturated carbocycles. The van der Waals surface area contributed by atoms with E-state index in [-0.39, 0.29) is 19.3 Å². The summed E-state index contributed by atoms with van der Waals surface area (Å²) < 4.78 is 65.1. The second-order valence-electron chi connectivity index (χ2n) is 28.0. The maximum atomic E-state index is 14.4. The third-order valence-electron chi connectivity index (χ3n) is 19.2. The highest BCUT2D eigenvalue weighted by atomic mass is 31.2. The number of phosphoric ester groups is 1. The Labute approximate surface area is 586 Å². The molecule has 1 aliphatic carbocycles. The molecule has 0 aromatic carbocycles. The predicted octanol–water partition coefficient (Wildman–Crippen LogP) is 10.6. The number of ether oxygens (including phenoxy) is 7. The number of carbonyl (C=O) groups excluding carboxylic acids is 3. The first-order valence-corrected chi connectivity index (χ1v) is 39.9. The Bertz CT molecular complexity index is 2090. The van der Waals surface area contributed by atoms with E-state index in [1.54, 1.807) is 0 Å². The van der Waals surface area contributed by atoms with Crippen molar-refractivity contribution >= 4 is 25.7 Å². The molecule has 0 radical (unpaired) electrons. The Kier molecular flexibility index (Phi) is 49.9. The summed E-state index contributed by atoms with van der Waals surface area (Å²) in [5.41, 5.74) is 0. The van der Waals surface area contributed by atoms with Crippen LogP contribution in [0.5, 0.6) is 0 Å². The van der Waals surface area contributed by atoms with Crippen LogP contribution in [0.15, 0.2) is 12.2 Å². The van der Waals surface area contributed by atoms with E-state index >= 15 is 0 Å². The van der Waals surface area contributed by atoms with Gasteiger partial charge in [0.15, 0.2) is 18.7 Å². The third kappa shape index (κ3) is 37.4. The van der Waals surface area contributed by atoms with Gasteiger partial charge in [-0.05, 0) is 50.9 Å². The van der Waals surface area contributed by atoms with Crippen LogP contribution in [0, 0.1) is 5.92 Å². The normalized spacial score (nSPS) is 28.0. The number of rotatable bonds is 59. The molecule has 98 heavy (non-hydrogen) atoms. The topological polar surface area (TPSA) is 374 Å². The van der Waals surface area contributed by atoms with Crippen LogP contribution in [0.1, 0.15) is 297 Å². The highest BCUT2D eigenvalue weighted by molar-refractivity contribution is 7.47. The summed E-state index contributed by atoms with van der Waals surface area (Å²) in [6.07, 6.45) is 11.4. The molecule has 0 amide bonds. The molecule has 0 aromatic heterocycles. The van der Waals surface area contributed by atoms with E-state index in [0.717, 1.165) is 116 Å². The molecular weight excluding hydrogens is 1290 g/mol. The predicted molar refractivity (Wildman–Crippen MR) is 370 cm³/mol. The molecule has 576 valence electrons. The molecule has 25 heteroatoms. The monoisotopic (exact) mass is 1430 g/mol. The average molecular weight is 1430 g/mol. The van der Waals surface area contributed by atoms with Crippen LogP contribution in [0.4, 0.5) is 0 Å². The van der Waals surface area contributed by atoms with Gasteiger partial charge in [-0.3, -0.25) is 23.4 Å². The second kappa shape index (κ2) is 54.3. The largest absolute Gasteiger partial charge is 0.472 e. The van der Waals surface area contributed by atoms with Crippen molar-refractivity contribution in [3.05, 3.63) is 12.2 Å². The van der Waals surface area contributed by atoms with Crippen molar-refractivity contribution in [2.45, 2.75) is 402 Å². The molecule has 0 spiro atoms. The fraction of sp³-hybridized carbons (Fsp3) is 0.932. The van der Waals surface area contributed by atoms with Gasteiger partial charge in [0.2, 0.25) is 0 Å². The van der Waals surface area contributed by atoms with Crippen molar-refractivity contribution < 1.29 is 117 Å². The van der Waals surface area contributed by atoms with Crippen molar-refractivity contribution in [3.63, 3.8) is 0 Å². The quantitative estimate of drug-likeness (QED) is 0.00886. The zero-order valence-corrected chi connectivity index (χ0v) is 61.1. The minimum absolute atomic E-state index is 0.0315. The Morgan fingerprint density at radius 3 is 1.21 bits per heavy atom. The van der Waals surface area contributed by atoms with Gasteiger partial charge in [-0.15, -0.1) is 0 Å². The van der Waals surface area contributed by atoms with E-state index in [4.69, 9.17) is 42.2 Å². The van der Waals surface area contributed by atoms with Crippen molar-refractivity contribution in [1.29, 1.82) is 0 Å². The molecule has 2 aliphatic heterocycles. The molecule has 3 fully saturated rings. The Hall–Kier alpha value is -2.30. The molecule has 0 bridgehead atoms. The third-order valence-corrected chi connectivity index (χ3v) is 20.2. The zero-order chi connectivity index (χ0) is 71.9. The smallest absolute Gasteiger partial charge is 0.463 e. The Balaban J connectivity index is 1.74. The summed E-state index contributed by atoms with van der Waals surface area (Å²) in [5, 5.41) is 110. The first kappa shape index (κ1) is 89.9. The van der Waals surface area contributed by atoms with Gasteiger partial charge < -0.3 is 89.1 Å². The summed E-state index contributed by atoms with van der Waals surface area (Å²) in [6.45, 7) is 5.75. The fourth-order valence-corrected chi connectivity index (χ4v) is 13.8. The van der Waals surface area contributed by atoms with Crippen LogP contribution in [-0.4, -0.2) is 204 Å². The fourth-order valence-electron chi connectivity index (χ4n) is 12.8. The molecule has 2 saturated heterocycles. The van der Waals surface area contributed by atoms with E-state index in [9.17, 15) is 74.9 Å². The number of carbonyl (C=O) groups is 3. The second-order valence-corrected chi connectivity index (χ2v) is 29.4. The maximum absolute atomic E-state index is 14.4. The average Bonchev–Trinajstić information content (AvgIpc) is 0.763. The summed E-state index contributed by atoms with van der Waals surface area (Å²) >= 11 is 0. The molecule has 3 aliphatic rings. The van der Waals surface area contributed by atoms with E-state index in [1.165, 1.54) is 116 Å². The highest BCUT2D eigenvalue weighted by Gasteiger charge is 2.58. The number of unbranched alkanes of at least 4 members (excludes halogenated alkanes) is 32. The standard InChI is InChI=1S/C73H135O24P/c1-5-8-11-14-17-19-21-23-24-25-27-29-30-36-41-46-57(75)89-50-54(92-59(77)48-43-38-33-32-35-40-45-53(4)44-39-34-16-13-10-7-3)51-91-98(87,88)97-71-69(95-72-67(85)62(80)60(78)55(49-74)93-72)65(83)64(82)66(84)70(71)96-73-68(86)63(81)61(79)56(94-73)52-90-58(76)47-42-37-31-28-26-22-20-18-15-12-9-6-2/h19,21,53-56,60-74,78-86H,5-18,20,22-52H2,1-4H3,(H,87,88)/b21-19-. The van der Waals surface area contributed by atoms with Crippen molar-refractivity contribution in [1.82, 2.24) is 0 Å². The van der Waals surface area contributed by atoms with Gasteiger partial charge in [-0.1, -0.05) is 245 Å². The van der Waals surface area contributed by atoms with Crippen LogP contribution in [0.3, 0.4) is 0 Å². The highest BCUT2D eigenvalue weighted by Crippen LogP contribution is 2.49. The molecule has 24 nitrogen and oxygen atoms in total. The van der Waals surface area contributed by atoms with E-state index in [0.29, 0.717) is 25.2 Å². The van der Waals surface area contributed by atoms with Gasteiger partial charge in [0, 0.05) is 19.3 Å². The number of allylic oxidation sites excluding steroid dienone is 2. The van der Waals surface area contributed by atoms with Crippen LogP contribution in [-0.2, 0) is 61.2 Å². The summed E-state index contributed by atoms with van der Waals surface area (Å²) in [4.78, 5) is 51.1. The minimum Gasteiger partial charge on any atom is -0.463 e. The molecule has 0 aromatic rings. The number of aliphatic hydroxyl groups is 10. The van der Waals surface area contributed by atoms with Crippen LogP contribution in [0.2, 0.25) is 0 Å². The molecule has 3 rings (SSSR count). The minimum atomic E-state index is -5.70. The lowest BCUT2D eigenvalue weighted by Gasteiger charge is -2.49. The number of phosphoric acid groups is 1. The lowest BCUT2D eigenvalue weighted by Crippen LogP contribution is -2.69. The van der Waals surface area contributed by atoms with Crippen LogP contribution < -0.4 is 0 Å². The van der Waals surface area contributed by atoms with Crippen LogP contribution >= 0.6 is 7.82 Å². The van der Waals surface area contributed by atoms with Crippen molar-refractivity contribution in [2.75, 3.05) is 26.4 Å². The molecule has 2 heterocycles. The van der Waals surface area contributed by atoms with Gasteiger partial charge in [0.25, 0.3) is 0 Å². The Morgan fingerprint density at radius 2 is 0.776 bits per heavy atom. The van der Waals surface area contributed by atoms with Gasteiger partial charge in [-0.2, -0.15) is 0 Å². The van der Waals surface area contributed by atoms with Crippen molar-refractivity contribution in [3.8, 4) is 0 Å². The van der Waals surface area contributed by atoms with Gasteiger partial charge >= 0.3 is 25.7 Å². The summed E-state index contributed by atoms with van der Waals surface area (Å²) in [6, 6.07) is 0. The van der Waals surface area contributed by atoms with Crippen LogP contribution in [0.25, 0.3) is 0 Å². The molecular formula is C73H135O24P. The number of aliphatic hydroxyl groups excluding tert-OH is 10. The zero-order valence-electron chi connectivity index (χ0n) is 60.2. The Morgan fingerprint density at radius 1 is 0.418 bits per heavy atom. The number of hydrogen-bond donors (Lipinski definition) is 11. The lowest BCUT2D eigenvalue weighted by molar-refractivity contribution is -0.360. The summed E-state index contributed by atoms with van der Waals surface area (Å²) in [5.74, 6) is -1.31. The van der Waals surface area contributed by atoms with E-state index < -0.39 is 156 Å². The van der Waals surface area contributed by atoms with Gasteiger partial charge in [-0.25, -0.2) is 4.57 Å². The van der Waals surface area contributed by atoms with E-state index in [1.807, 2.05) is 0 Å². The van der Waals surface area contributed by atoms with Gasteiger partial charge in [0.1, 0.15) is 98.7 Å². The number of hydrogen-bond acceptors (Lipinski definition) is 23. The van der Waals surface area contributed by atoms with Gasteiger partial charge in [0.05, 0.1) is 13.2 Å². The first-order chi connectivity index (χ1) is 47.2. The van der Waals surface area contributed by atoms with E-state index in [2.05, 4.69) is 39.8 Å².